The molecule has 0 unspecified atom stereocenters. The molecular formula is C22H32O6Si. The van der Waals surface area contributed by atoms with Crippen molar-refractivity contribution in [1.82, 2.24) is 0 Å². The lowest BCUT2D eigenvalue weighted by Crippen LogP contribution is -2.84. The number of hydrogen-bond donors (Lipinski definition) is 0. The summed E-state index contributed by atoms with van der Waals surface area (Å²) < 4.78 is 37.8. The first-order chi connectivity index (χ1) is 13.7. The van der Waals surface area contributed by atoms with Gasteiger partial charge in [0.05, 0.1) is 13.2 Å². The Morgan fingerprint density at radius 2 is 1.69 bits per heavy atom. The van der Waals surface area contributed by atoms with Crippen molar-refractivity contribution in [3.05, 3.63) is 35.9 Å². The molecule has 6 nitrogen and oxygen atoms in total. The van der Waals surface area contributed by atoms with Gasteiger partial charge in [0.15, 0.2) is 8.32 Å². The molecular weight excluding hydrogens is 388 g/mol. The average molecular weight is 421 g/mol. The highest BCUT2D eigenvalue weighted by Gasteiger charge is 2.73. The summed E-state index contributed by atoms with van der Waals surface area (Å²) in [6.07, 6.45) is -0.156. The van der Waals surface area contributed by atoms with Crippen LogP contribution in [0.3, 0.4) is 0 Å². The van der Waals surface area contributed by atoms with Crippen molar-refractivity contribution >= 4 is 8.32 Å². The van der Waals surface area contributed by atoms with Gasteiger partial charge < -0.3 is 28.1 Å². The minimum absolute atomic E-state index is 0.0895. The zero-order chi connectivity index (χ0) is 20.4. The summed E-state index contributed by atoms with van der Waals surface area (Å²) in [5.74, 6) is 0. The lowest BCUT2D eigenvalue weighted by Gasteiger charge is -2.67. The van der Waals surface area contributed by atoms with Crippen LogP contribution in [0, 0.1) is 0 Å². The Balaban J connectivity index is 1.43. The number of benzene rings is 1. The summed E-state index contributed by atoms with van der Waals surface area (Å²) in [5.41, 5.74) is 0.633. The zero-order valence-corrected chi connectivity index (χ0v) is 18.9. The lowest BCUT2D eigenvalue weighted by atomic mass is 9.69. The summed E-state index contributed by atoms with van der Waals surface area (Å²) in [6, 6.07) is 10.2. The second kappa shape index (κ2) is 6.85. The van der Waals surface area contributed by atoms with Gasteiger partial charge in [-0.25, -0.2) is 0 Å². The van der Waals surface area contributed by atoms with Crippen molar-refractivity contribution < 1.29 is 28.1 Å². The average Bonchev–Trinajstić information content (AvgIpc) is 2.62. The second-order valence-corrected chi connectivity index (χ2v) is 14.9. The van der Waals surface area contributed by atoms with Gasteiger partial charge in [-0.05, 0) is 23.7 Å². The largest absolute Gasteiger partial charge is 0.408 e. The Kier molecular flexibility index (Phi) is 4.75. The van der Waals surface area contributed by atoms with E-state index in [2.05, 4.69) is 46.0 Å². The molecule has 29 heavy (non-hydrogen) atoms. The van der Waals surface area contributed by atoms with Gasteiger partial charge in [-0.2, -0.15) is 0 Å². The van der Waals surface area contributed by atoms with Gasteiger partial charge >= 0.3 is 0 Å². The SMILES string of the molecule is CC(C)(C)[Si](C)(C)O[C@@H]1[C@H]2O[C@H]3O[C@@H]([C@@H]2OCc2ccccc2)[C@@]2(CCO2)[C@H]1O3. The van der Waals surface area contributed by atoms with Gasteiger partial charge in [0.1, 0.15) is 36.1 Å². The highest BCUT2D eigenvalue weighted by molar-refractivity contribution is 6.74. The summed E-state index contributed by atoms with van der Waals surface area (Å²) in [5, 5.41) is 0.0895. The first kappa shape index (κ1) is 20.1. The van der Waals surface area contributed by atoms with Gasteiger partial charge in [0, 0.05) is 6.42 Å². The van der Waals surface area contributed by atoms with E-state index in [0.29, 0.717) is 13.2 Å². The van der Waals surface area contributed by atoms with Crippen LogP contribution in [0.25, 0.3) is 0 Å². The molecule has 4 saturated heterocycles. The predicted molar refractivity (Wildman–Crippen MR) is 109 cm³/mol. The van der Waals surface area contributed by atoms with E-state index in [9.17, 15) is 0 Å². The molecule has 0 N–H and O–H groups in total. The Hall–Kier alpha value is -0.803. The van der Waals surface area contributed by atoms with Crippen LogP contribution in [0.1, 0.15) is 32.8 Å². The van der Waals surface area contributed by atoms with Gasteiger partial charge in [-0.3, -0.25) is 0 Å². The molecule has 1 aromatic carbocycles. The molecule has 1 spiro atoms. The van der Waals surface area contributed by atoms with Crippen molar-refractivity contribution in [3.63, 3.8) is 0 Å². The van der Waals surface area contributed by atoms with Crippen LogP contribution in [0.2, 0.25) is 18.1 Å². The molecule has 1 aromatic rings. The molecule has 5 fully saturated rings. The summed E-state index contributed by atoms with van der Waals surface area (Å²) in [7, 11) is -2.05. The second-order valence-electron chi connectivity index (χ2n) is 10.2. The van der Waals surface area contributed by atoms with E-state index in [0.717, 1.165) is 12.0 Å². The fourth-order valence-corrected chi connectivity index (χ4v) is 5.93. The minimum Gasteiger partial charge on any atom is -0.408 e. The normalized spacial score (nSPS) is 41.0. The fraction of sp³-hybridized carbons (Fsp3) is 0.727. The highest BCUT2D eigenvalue weighted by Crippen LogP contribution is 2.54. The molecule has 0 radical (unpaired) electrons. The quantitative estimate of drug-likeness (QED) is 0.679. The monoisotopic (exact) mass is 420 g/mol. The van der Waals surface area contributed by atoms with Crippen molar-refractivity contribution in [2.75, 3.05) is 6.61 Å². The molecule has 1 aliphatic carbocycles. The molecule has 0 aromatic heterocycles. The smallest absolute Gasteiger partial charge is 0.273 e. The van der Waals surface area contributed by atoms with Crippen LogP contribution in [-0.2, 0) is 34.7 Å². The predicted octanol–water partition coefficient (Wildman–Crippen LogP) is 3.60. The van der Waals surface area contributed by atoms with Crippen LogP contribution in [-0.4, -0.2) is 57.5 Å². The van der Waals surface area contributed by atoms with Crippen molar-refractivity contribution in [2.45, 2.75) is 94.5 Å². The topological polar surface area (TPSA) is 55.4 Å². The van der Waals surface area contributed by atoms with Crippen molar-refractivity contribution in [1.29, 1.82) is 0 Å². The van der Waals surface area contributed by atoms with E-state index >= 15 is 0 Å². The maximum Gasteiger partial charge on any atom is 0.273 e. The van der Waals surface area contributed by atoms with Gasteiger partial charge in [-0.15, -0.1) is 0 Å². The van der Waals surface area contributed by atoms with Gasteiger partial charge in [-0.1, -0.05) is 51.1 Å². The molecule has 4 heterocycles. The Bertz CT molecular complexity index is 743. The molecule has 7 heteroatoms. The van der Waals surface area contributed by atoms with Crippen LogP contribution in [0.4, 0.5) is 0 Å². The Morgan fingerprint density at radius 1 is 1.03 bits per heavy atom. The van der Waals surface area contributed by atoms with Crippen molar-refractivity contribution in [2.24, 2.45) is 0 Å². The molecule has 1 saturated carbocycles. The third-order valence-electron chi connectivity index (χ3n) is 7.38. The van der Waals surface area contributed by atoms with E-state index in [-0.39, 0.29) is 35.6 Å². The molecule has 0 amide bonds. The highest BCUT2D eigenvalue weighted by atomic mass is 28.4. The van der Waals surface area contributed by atoms with Gasteiger partial charge in [0.25, 0.3) is 6.48 Å². The first-order valence-electron chi connectivity index (χ1n) is 10.6. The summed E-state index contributed by atoms with van der Waals surface area (Å²) in [6.45, 7) is 11.8. The van der Waals surface area contributed by atoms with E-state index < -0.39 is 20.4 Å². The number of hydrogen-bond acceptors (Lipinski definition) is 6. The molecule has 4 bridgehead atoms. The maximum atomic E-state index is 6.87. The zero-order valence-electron chi connectivity index (χ0n) is 17.9. The van der Waals surface area contributed by atoms with Crippen LogP contribution >= 0.6 is 0 Å². The minimum atomic E-state index is -2.05. The molecule has 6 rings (SSSR count). The summed E-state index contributed by atoms with van der Waals surface area (Å²) >= 11 is 0. The third-order valence-corrected chi connectivity index (χ3v) is 11.9. The third kappa shape index (κ3) is 3.14. The van der Waals surface area contributed by atoms with E-state index in [4.69, 9.17) is 28.1 Å². The van der Waals surface area contributed by atoms with Crippen LogP contribution in [0.15, 0.2) is 30.3 Å². The van der Waals surface area contributed by atoms with E-state index in [1.54, 1.807) is 0 Å². The standard InChI is InChI=1S/C22H32O6Si/c1-21(2,3)29(4,5)28-17-15-16(23-13-14-9-7-6-8-10-14)18-22(11-12-24-22)19(17)27-20(25-15)26-18/h6-10,15-20H,11-13H2,1-5H3/t15-,16+,17+,18-,19-,20-,22-/m0/s1. The molecule has 7 atom stereocenters. The van der Waals surface area contributed by atoms with Crippen LogP contribution < -0.4 is 0 Å². The Morgan fingerprint density at radius 3 is 2.28 bits per heavy atom. The lowest BCUT2D eigenvalue weighted by molar-refractivity contribution is -0.517. The molecule has 160 valence electrons. The maximum absolute atomic E-state index is 6.87. The van der Waals surface area contributed by atoms with Crippen molar-refractivity contribution in [3.8, 4) is 0 Å². The number of rotatable bonds is 5. The number of ether oxygens (including phenoxy) is 5. The van der Waals surface area contributed by atoms with Crippen LogP contribution in [0.5, 0.6) is 0 Å². The first-order valence-corrected chi connectivity index (χ1v) is 13.6. The fourth-order valence-electron chi connectivity index (χ4n) is 4.63. The molecule has 4 aliphatic heterocycles. The summed E-state index contributed by atoms with van der Waals surface area (Å²) in [4.78, 5) is 0. The molecule has 5 aliphatic rings. The van der Waals surface area contributed by atoms with Gasteiger partial charge in [0.2, 0.25) is 0 Å². The van der Waals surface area contributed by atoms with E-state index in [1.165, 1.54) is 0 Å². The Labute approximate surface area is 173 Å². The van der Waals surface area contributed by atoms with E-state index in [1.807, 2.05) is 18.2 Å².